The number of aryl methyl sites for hydroxylation is 1. The molecule has 1 heterocycles. The number of ether oxygens (including phenoxy) is 1. The summed E-state index contributed by atoms with van der Waals surface area (Å²) in [6.45, 7) is -0.451. The molecule has 0 atom stereocenters. The highest BCUT2D eigenvalue weighted by molar-refractivity contribution is 7.99. The van der Waals surface area contributed by atoms with Gasteiger partial charge in [0.25, 0.3) is 11.7 Å². The highest BCUT2D eigenvalue weighted by Crippen LogP contribution is 2.26. The van der Waals surface area contributed by atoms with Gasteiger partial charge in [-0.15, -0.1) is 0 Å². The maximum Gasteiger partial charge on any atom is 0.306 e. The first kappa shape index (κ1) is 21.5. The Hall–Kier alpha value is -3.20. The molecule has 156 valence electrons. The van der Waals surface area contributed by atoms with Crippen LogP contribution in [-0.2, 0) is 20.7 Å². The van der Waals surface area contributed by atoms with Crippen LogP contribution in [0.4, 0.5) is 14.5 Å². The van der Waals surface area contributed by atoms with Crippen LogP contribution in [0.3, 0.4) is 0 Å². The van der Waals surface area contributed by atoms with E-state index in [0.29, 0.717) is 34.0 Å². The fourth-order valence-electron chi connectivity index (χ4n) is 2.51. The minimum atomic E-state index is -2.51. The monoisotopic (exact) mass is 432 g/mol. The van der Waals surface area contributed by atoms with Gasteiger partial charge in [-0.25, -0.2) is 4.98 Å². The number of alkyl halides is 2. The van der Waals surface area contributed by atoms with Crippen molar-refractivity contribution in [2.24, 2.45) is 0 Å². The van der Waals surface area contributed by atoms with Gasteiger partial charge in [-0.1, -0.05) is 42.1 Å². The van der Waals surface area contributed by atoms with E-state index in [0.717, 1.165) is 5.56 Å². The van der Waals surface area contributed by atoms with Gasteiger partial charge in [0.1, 0.15) is 0 Å². The summed E-state index contributed by atoms with van der Waals surface area (Å²) in [5.41, 5.74) is 1.30. The average Bonchev–Trinajstić information content (AvgIpc) is 3.22. The van der Waals surface area contributed by atoms with Gasteiger partial charge < -0.3 is 14.5 Å². The Labute approximate surface area is 175 Å². The highest BCUT2D eigenvalue weighted by atomic mass is 32.2. The van der Waals surface area contributed by atoms with Crippen LogP contribution in [0.2, 0.25) is 0 Å². The zero-order chi connectivity index (χ0) is 21.3. The number of nitrogens with zero attached hydrogens (tertiary/aromatic N) is 1. The van der Waals surface area contributed by atoms with Crippen molar-refractivity contribution >= 4 is 29.3 Å². The third kappa shape index (κ3) is 6.70. The van der Waals surface area contributed by atoms with E-state index in [9.17, 15) is 18.4 Å². The lowest BCUT2D eigenvalue weighted by Gasteiger charge is -2.07. The van der Waals surface area contributed by atoms with Gasteiger partial charge in [0, 0.05) is 22.6 Å². The lowest BCUT2D eigenvalue weighted by atomic mass is 10.2. The maximum atomic E-state index is 12.3. The van der Waals surface area contributed by atoms with E-state index >= 15 is 0 Å². The van der Waals surface area contributed by atoms with Crippen LogP contribution < -0.4 is 5.32 Å². The largest absolute Gasteiger partial charge is 0.456 e. The van der Waals surface area contributed by atoms with Gasteiger partial charge in [0.05, 0.1) is 12.6 Å². The summed E-state index contributed by atoms with van der Waals surface area (Å²) in [5, 5.41) is 2.53. The summed E-state index contributed by atoms with van der Waals surface area (Å²) >= 11 is 0.416. The van der Waals surface area contributed by atoms with Crippen molar-refractivity contribution in [1.29, 1.82) is 0 Å². The summed E-state index contributed by atoms with van der Waals surface area (Å²) in [6.07, 6.45) is 1.85. The summed E-state index contributed by atoms with van der Waals surface area (Å²) in [6, 6.07) is 15.4. The van der Waals surface area contributed by atoms with E-state index in [2.05, 4.69) is 10.3 Å². The summed E-state index contributed by atoms with van der Waals surface area (Å²) in [5.74, 6) is -2.59. The molecule has 0 fully saturated rings. The molecule has 0 spiro atoms. The maximum absolute atomic E-state index is 12.3. The van der Waals surface area contributed by atoms with E-state index in [1.165, 1.54) is 24.3 Å². The first-order valence-corrected chi connectivity index (χ1v) is 9.88. The summed E-state index contributed by atoms with van der Waals surface area (Å²) in [7, 11) is 0. The van der Waals surface area contributed by atoms with E-state index in [1.807, 2.05) is 30.3 Å². The summed E-state index contributed by atoms with van der Waals surface area (Å²) in [4.78, 5) is 28.2. The number of nitrogens with one attached hydrogen (secondary N) is 1. The molecule has 0 radical (unpaired) electrons. The normalized spacial score (nSPS) is 10.8. The molecule has 1 amide bonds. The van der Waals surface area contributed by atoms with Crippen LogP contribution >= 0.6 is 11.8 Å². The van der Waals surface area contributed by atoms with Crippen LogP contribution in [0.15, 0.2) is 70.1 Å². The minimum Gasteiger partial charge on any atom is -0.456 e. The Morgan fingerprint density at radius 2 is 1.83 bits per heavy atom. The third-order valence-corrected chi connectivity index (χ3v) is 4.60. The molecule has 3 aromatic rings. The number of benzene rings is 2. The van der Waals surface area contributed by atoms with Crippen LogP contribution in [0.25, 0.3) is 11.3 Å². The molecule has 30 heavy (non-hydrogen) atoms. The molecule has 0 aliphatic rings. The third-order valence-electron chi connectivity index (χ3n) is 3.88. The van der Waals surface area contributed by atoms with Crippen LogP contribution in [-0.4, -0.2) is 29.2 Å². The van der Waals surface area contributed by atoms with Crippen molar-refractivity contribution in [2.75, 3.05) is 11.9 Å². The number of halogens is 2. The number of aromatic nitrogens is 1. The van der Waals surface area contributed by atoms with E-state index in [1.54, 1.807) is 6.20 Å². The predicted octanol–water partition coefficient (Wildman–Crippen LogP) is 4.77. The number of hydrogen-bond donors (Lipinski definition) is 1. The van der Waals surface area contributed by atoms with E-state index in [-0.39, 0.29) is 12.8 Å². The van der Waals surface area contributed by atoms with Crippen LogP contribution in [0.1, 0.15) is 12.3 Å². The quantitative estimate of drug-likeness (QED) is 0.387. The second-order valence-corrected chi connectivity index (χ2v) is 7.16. The van der Waals surface area contributed by atoms with Gasteiger partial charge in [-0.3, -0.25) is 9.59 Å². The number of amides is 1. The number of oxazole rings is 1. The number of anilines is 1. The molecule has 0 saturated carbocycles. The fourth-order valence-corrected chi connectivity index (χ4v) is 3.00. The Morgan fingerprint density at radius 3 is 2.53 bits per heavy atom. The number of hydrogen-bond acceptors (Lipinski definition) is 6. The lowest BCUT2D eigenvalue weighted by molar-refractivity contribution is -0.147. The number of esters is 1. The molecule has 6 nitrogen and oxygen atoms in total. The molecule has 0 aliphatic carbocycles. The Kier molecular flexibility index (Phi) is 7.56. The molecule has 0 saturated heterocycles. The fraction of sp³-hybridized carbons (Fsp3) is 0.190. The lowest BCUT2D eigenvalue weighted by Crippen LogP contribution is -2.21. The molecule has 0 aliphatic heterocycles. The summed E-state index contributed by atoms with van der Waals surface area (Å²) < 4.78 is 35.1. The standard InChI is InChI=1S/C21H18F2N2O4S/c22-21(23)30-16-8-6-15(7-9-16)25-18(26)13-28-20(27)11-10-19-24-12-17(29-19)14-4-2-1-3-5-14/h1-9,12,21H,10-11,13H2,(H,25,26). The van der Waals surface area contributed by atoms with Gasteiger partial charge in [0.2, 0.25) is 0 Å². The molecule has 1 aromatic heterocycles. The first-order valence-electron chi connectivity index (χ1n) is 9.00. The molecular weight excluding hydrogens is 414 g/mol. The minimum absolute atomic E-state index is 0.0154. The van der Waals surface area contributed by atoms with Crippen molar-refractivity contribution in [1.82, 2.24) is 4.98 Å². The number of rotatable bonds is 9. The molecular formula is C21H18F2N2O4S. The molecule has 1 N–H and O–H groups in total. The average molecular weight is 432 g/mol. The van der Waals surface area contributed by atoms with E-state index < -0.39 is 24.2 Å². The Bertz CT molecular complexity index is 978. The molecule has 0 unspecified atom stereocenters. The van der Waals surface area contributed by atoms with Crippen molar-refractivity contribution in [3.63, 3.8) is 0 Å². The molecule has 0 bridgehead atoms. The predicted molar refractivity (Wildman–Crippen MR) is 108 cm³/mol. The van der Waals surface area contributed by atoms with Gasteiger partial charge in [-0.05, 0) is 24.3 Å². The smallest absolute Gasteiger partial charge is 0.306 e. The second kappa shape index (κ2) is 10.5. The topological polar surface area (TPSA) is 81.4 Å². The Balaban J connectivity index is 1.39. The van der Waals surface area contributed by atoms with E-state index in [4.69, 9.17) is 9.15 Å². The van der Waals surface area contributed by atoms with Crippen LogP contribution in [0.5, 0.6) is 0 Å². The van der Waals surface area contributed by atoms with Crippen LogP contribution in [0, 0.1) is 0 Å². The number of thioether (sulfide) groups is 1. The first-order chi connectivity index (χ1) is 14.5. The SMILES string of the molecule is O=C(COC(=O)CCc1ncc(-c2ccccc2)o1)Nc1ccc(SC(F)F)cc1. The zero-order valence-corrected chi connectivity index (χ0v) is 16.5. The van der Waals surface area contributed by atoms with Crippen molar-refractivity contribution in [3.05, 3.63) is 66.7 Å². The van der Waals surface area contributed by atoms with Crippen molar-refractivity contribution in [3.8, 4) is 11.3 Å². The molecule has 3 rings (SSSR count). The molecule has 2 aromatic carbocycles. The zero-order valence-electron chi connectivity index (χ0n) is 15.7. The second-order valence-electron chi connectivity index (χ2n) is 6.10. The Morgan fingerprint density at radius 1 is 1.10 bits per heavy atom. The van der Waals surface area contributed by atoms with Gasteiger partial charge >= 0.3 is 5.97 Å². The number of carbonyl (C=O) groups excluding carboxylic acids is 2. The molecule has 9 heteroatoms. The van der Waals surface area contributed by atoms with Gasteiger partial charge in [-0.2, -0.15) is 8.78 Å². The highest BCUT2D eigenvalue weighted by Gasteiger charge is 2.12. The van der Waals surface area contributed by atoms with Gasteiger partial charge in [0.15, 0.2) is 18.3 Å². The number of carbonyl (C=O) groups is 2. The van der Waals surface area contributed by atoms with Crippen molar-refractivity contribution < 1.29 is 27.5 Å². The van der Waals surface area contributed by atoms with Crippen molar-refractivity contribution in [2.45, 2.75) is 23.5 Å².